The Labute approximate surface area is 160 Å². The Morgan fingerprint density at radius 1 is 1.32 bits per heavy atom. The van der Waals surface area contributed by atoms with Gasteiger partial charge in [0, 0.05) is 36.3 Å². The molecule has 3 heterocycles. The zero-order chi connectivity index (χ0) is 19.8. The molecule has 1 aliphatic heterocycles. The second kappa shape index (κ2) is 6.80. The number of ether oxygens (including phenoxy) is 1. The zero-order valence-electron chi connectivity index (χ0n) is 15.6. The first kappa shape index (κ1) is 17.7. The number of halogens is 1. The van der Waals surface area contributed by atoms with Gasteiger partial charge in [-0.3, -0.25) is 9.48 Å². The van der Waals surface area contributed by atoms with Gasteiger partial charge < -0.3 is 15.4 Å². The topological polar surface area (TPSA) is 81.1 Å². The molecular formula is C20H18FN5O2. The second-order valence-electron chi connectivity index (χ2n) is 6.42. The molecular weight excluding hydrogens is 361 g/mol. The van der Waals surface area contributed by atoms with Crippen molar-refractivity contribution in [3.63, 3.8) is 0 Å². The number of carbonyl (C=O) groups is 1. The van der Waals surface area contributed by atoms with Crippen LogP contribution in [0, 0.1) is 5.82 Å². The van der Waals surface area contributed by atoms with Gasteiger partial charge in [0.15, 0.2) is 0 Å². The van der Waals surface area contributed by atoms with Crippen LogP contribution < -0.4 is 15.4 Å². The molecule has 1 aromatic carbocycles. The summed E-state index contributed by atoms with van der Waals surface area (Å²) in [5, 5.41) is 10.0. The number of hydrogen-bond donors (Lipinski definition) is 2. The van der Waals surface area contributed by atoms with Crippen LogP contribution in [0.4, 0.5) is 15.9 Å². The lowest BCUT2D eigenvalue weighted by molar-refractivity contribution is -0.110. The lowest BCUT2D eigenvalue weighted by Crippen LogP contribution is -2.08. The monoisotopic (exact) mass is 379 g/mol. The Kier molecular flexibility index (Phi) is 4.31. The molecule has 0 spiro atoms. The molecule has 1 aliphatic rings. The molecule has 0 saturated heterocycles. The Hall–Kier alpha value is -3.68. The smallest absolute Gasteiger partial charge is 0.259 e. The number of hydrogen-bond acceptors (Lipinski definition) is 5. The number of aromatic nitrogens is 3. The molecule has 0 unspecified atom stereocenters. The molecule has 142 valence electrons. The fraction of sp³-hybridized carbons (Fsp3) is 0.150. The predicted molar refractivity (Wildman–Crippen MR) is 104 cm³/mol. The van der Waals surface area contributed by atoms with Gasteiger partial charge in [-0.2, -0.15) is 5.10 Å². The van der Waals surface area contributed by atoms with Crippen LogP contribution in [0.2, 0.25) is 0 Å². The van der Waals surface area contributed by atoms with E-state index in [-0.39, 0.29) is 5.91 Å². The number of aryl methyl sites for hydroxylation is 1. The molecule has 2 aromatic heterocycles. The first-order valence-electron chi connectivity index (χ1n) is 8.59. The number of nitrogens with one attached hydrogen (secondary N) is 2. The van der Waals surface area contributed by atoms with E-state index in [0.717, 1.165) is 5.69 Å². The van der Waals surface area contributed by atoms with Gasteiger partial charge in [0.2, 0.25) is 0 Å². The van der Waals surface area contributed by atoms with Gasteiger partial charge in [0.05, 0.1) is 30.1 Å². The molecule has 1 amide bonds. The van der Waals surface area contributed by atoms with Gasteiger partial charge in [-0.1, -0.05) is 6.07 Å². The van der Waals surface area contributed by atoms with Gasteiger partial charge in [-0.25, -0.2) is 9.37 Å². The minimum absolute atomic E-state index is 0.269. The van der Waals surface area contributed by atoms with Crippen LogP contribution in [0.5, 0.6) is 5.75 Å². The summed E-state index contributed by atoms with van der Waals surface area (Å²) in [4.78, 5) is 16.9. The van der Waals surface area contributed by atoms with Crippen LogP contribution in [-0.2, 0) is 11.8 Å². The summed E-state index contributed by atoms with van der Waals surface area (Å²) >= 11 is 0. The highest BCUT2D eigenvalue weighted by Gasteiger charge is 2.29. The Bertz CT molecular complexity index is 1120. The van der Waals surface area contributed by atoms with Crippen LogP contribution in [-0.4, -0.2) is 27.8 Å². The van der Waals surface area contributed by atoms with E-state index in [2.05, 4.69) is 20.7 Å². The summed E-state index contributed by atoms with van der Waals surface area (Å²) in [5.74, 6) is 0.143. The second-order valence-corrected chi connectivity index (χ2v) is 6.42. The summed E-state index contributed by atoms with van der Waals surface area (Å²) in [6.45, 7) is 1.80. The molecule has 0 radical (unpaired) electrons. The van der Waals surface area contributed by atoms with E-state index in [1.807, 2.05) is 7.05 Å². The number of fused-ring (bicyclic) bond motifs is 1. The highest BCUT2D eigenvalue weighted by Crippen LogP contribution is 2.38. The number of benzene rings is 1. The molecule has 0 fully saturated rings. The number of amides is 1. The van der Waals surface area contributed by atoms with E-state index in [0.29, 0.717) is 39.5 Å². The maximum absolute atomic E-state index is 14.5. The normalized spacial score (nSPS) is 14.5. The van der Waals surface area contributed by atoms with E-state index in [4.69, 9.17) is 4.74 Å². The van der Waals surface area contributed by atoms with Crippen LogP contribution in [0.3, 0.4) is 0 Å². The fourth-order valence-electron chi connectivity index (χ4n) is 3.28. The van der Waals surface area contributed by atoms with Crippen molar-refractivity contribution in [2.45, 2.75) is 6.92 Å². The number of methoxy groups -OCH3 is 1. The van der Waals surface area contributed by atoms with Crippen molar-refractivity contribution in [2.75, 3.05) is 17.7 Å². The molecule has 4 rings (SSSR count). The van der Waals surface area contributed by atoms with E-state index in [1.54, 1.807) is 42.2 Å². The summed E-state index contributed by atoms with van der Waals surface area (Å²) < 4.78 is 21.4. The van der Waals surface area contributed by atoms with E-state index < -0.39 is 5.82 Å². The Morgan fingerprint density at radius 3 is 2.86 bits per heavy atom. The molecule has 0 aliphatic carbocycles. The first-order chi connectivity index (χ1) is 13.5. The highest BCUT2D eigenvalue weighted by atomic mass is 19.1. The van der Waals surface area contributed by atoms with Crippen molar-refractivity contribution in [3.8, 4) is 16.9 Å². The van der Waals surface area contributed by atoms with Crippen molar-refractivity contribution in [1.29, 1.82) is 0 Å². The van der Waals surface area contributed by atoms with Crippen molar-refractivity contribution in [2.24, 2.45) is 7.05 Å². The molecule has 3 aromatic rings. The molecule has 2 N–H and O–H groups in total. The number of carbonyl (C=O) groups excluding carboxylic acids is 1. The van der Waals surface area contributed by atoms with Gasteiger partial charge in [0.1, 0.15) is 17.4 Å². The van der Waals surface area contributed by atoms with Crippen LogP contribution in [0.25, 0.3) is 16.7 Å². The average molecular weight is 379 g/mol. The number of nitrogens with zero attached hydrogens (tertiary/aromatic N) is 3. The third-order valence-corrected chi connectivity index (χ3v) is 4.51. The third-order valence-electron chi connectivity index (χ3n) is 4.51. The maximum Gasteiger partial charge on any atom is 0.259 e. The zero-order valence-corrected chi connectivity index (χ0v) is 15.6. The van der Waals surface area contributed by atoms with E-state index in [1.165, 1.54) is 19.4 Å². The maximum atomic E-state index is 14.5. The summed E-state index contributed by atoms with van der Waals surface area (Å²) in [7, 11) is 3.29. The van der Waals surface area contributed by atoms with E-state index in [9.17, 15) is 9.18 Å². The minimum atomic E-state index is -0.422. The fourth-order valence-corrected chi connectivity index (χ4v) is 3.28. The van der Waals surface area contributed by atoms with E-state index >= 15 is 0 Å². The largest absolute Gasteiger partial charge is 0.496 e. The summed E-state index contributed by atoms with van der Waals surface area (Å²) in [6, 6.07) is 6.36. The van der Waals surface area contributed by atoms with Crippen molar-refractivity contribution in [3.05, 3.63) is 59.9 Å². The molecule has 8 heteroatoms. The SMILES string of the molecule is COc1cccc(F)c1-c1cnc2c(c1)/C(=C(\C)Nc1cnn(C)c1)C(=O)N2. The lowest BCUT2D eigenvalue weighted by Gasteiger charge is -2.11. The van der Waals surface area contributed by atoms with Crippen molar-refractivity contribution >= 4 is 23.0 Å². The first-order valence-corrected chi connectivity index (χ1v) is 8.59. The van der Waals surface area contributed by atoms with Gasteiger partial charge in [0.25, 0.3) is 5.91 Å². The average Bonchev–Trinajstić information content (AvgIpc) is 3.22. The summed E-state index contributed by atoms with van der Waals surface area (Å²) in [5.41, 5.74) is 3.27. The standard InChI is InChI=1S/C20H18FN5O2/c1-11(24-13-9-23-26(2)10-13)17-14-7-12(8-22-19(14)25-20(17)27)18-15(21)5-4-6-16(18)28-3/h4-10,24H,1-3H3,(H,22,25,27)/b17-11-. The molecule has 0 saturated carbocycles. The van der Waals surface area contributed by atoms with Crippen molar-refractivity contribution in [1.82, 2.24) is 14.8 Å². The van der Waals surface area contributed by atoms with Crippen LogP contribution >= 0.6 is 0 Å². The van der Waals surface area contributed by atoms with Crippen molar-refractivity contribution < 1.29 is 13.9 Å². The molecule has 28 heavy (non-hydrogen) atoms. The quantitative estimate of drug-likeness (QED) is 0.679. The highest BCUT2D eigenvalue weighted by molar-refractivity contribution is 6.32. The van der Waals surface area contributed by atoms with Gasteiger partial charge in [-0.15, -0.1) is 0 Å². The number of rotatable bonds is 4. The number of allylic oxidation sites excluding steroid dienone is 1. The van der Waals surface area contributed by atoms with Gasteiger partial charge in [-0.05, 0) is 25.1 Å². The molecule has 0 bridgehead atoms. The lowest BCUT2D eigenvalue weighted by atomic mass is 10.0. The molecule has 7 nitrogen and oxygen atoms in total. The molecule has 0 atom stereocenters. The van der Waals surface area contributed by atoms with Gasteiger partial charge >= 0.3 is 0 Å². The number of anilines is 2. The summed E-state index contributed by atoms with van der Waals surface area (Å²) in [6.07, 6.45) is 4.99. The van der Waals surface area contributed by atoms with Crippen LogP contribution in [0.15, 0.2) is 48.6 Å². The number of pyridine rings is 1. The van der Waals surface area contributed by atoms with Crippen LogP contribution in [0.1, 0.15) is 12.5 Å². The third kappa shape index (κ3) is 2.98. The predicted octanol–water partition coefficient (Wildman–Crippen LogP) is 3.43. The Balaban J connectivity index is 1.81. The Morgan fingerprint density at radius 2 is 2.14 bits per heavy atom. The minimum Gasteiger partial charge on any atom is -0.496 e.